The molecule has 1 atom stereocenters. The zero-order chi connectivity index (χ0) is 45.6. The van der Waals surface area contributed by atoms with Crippen molar-refractivity contribution in [3.05, 3.63) is 91.4 Å². The predicted octanol–water partition coefficient (Wildman–Crippen LogP) is 11.5. The Balaban J connectivity index is 1.50. The van der Waals surface area contributed by atoms with Gasteiger partial charge in [-0.15, -0.1) is 0 Å². The topological polar surface area (TPSA) is 143 Å². The number of rotatable bonds is 17. The predicted molar refractivity (Wildman–Crippen MR) is 247 cm³/mol. The van der Waals surface area contributed by atoms with Crippen LogP contribution < -0.4 is 9.47 Å². The van der Waals surface area contributed by atoms with Crippen LogP contribution in [-0.4, -0.2) is 46.3 Å². The van der Waals surface area contributed by atoms with Gasteiger partial charge in [0.05, 0.1) is 58.6 Å². The molecule has 11 nitrogen and oxygen atoms in total. The molecule has 0 aliphatic carbocycles. The Morgan fingerprint density at radius 1 is 0.698 bits per heavy atom. The van der Waals surface area contributed by atoms with Crippen LogP contribution in [0.25, 0.3) is 0 Å². The second-order valence-corrected chi connectivity index (χ2v) is 21.4. The molecular formula is C48H53N3O8S4. The van der Waals surface area contributed by atoms with Crippen LogP contribution in [0, 0.1) is 28.1 Å². The Labute approximate surface area is 387 Å². The molecule has 15 heteroatoms. The minimum absolute atomic E-state index is 0.0646. The van der Waals surface area contributed by atoms with Gasteiger partial charge in [0, 0.05) is 0 Å². The maximum atomic E-state index is 14.6. The number of hydrogen-bond donors (Lipinski definition) is 0. The van der Waals surface area contributed by atoms with Crippen molar-refractivity contribution in [1.29, 1.82) is 5.26 Å². The van der Waals surface area contributed by atoms with E-state index in [2.05, 4.69) is 13.0 Å². The molecule has 3 aromatic carbocycles. The van der Waals surface area contributed by atoms with Gasteiger partial charge in [-0.1, -0.05) is 155 Å². The summed E-state index contributed by atoms with van der Waals surface area (Å²) in [7, 11) is 0. The molecule has 63 heavy (non-hydrogen) atoms. The largest absolute Gasteiger partial charge is 0.461 e. The average Bonchev–Trinajstić information content (AvgIpc) is 3.97. The van der Waals surface area contributed by atoms with Gasteiger partial charge < -0.3 is 14.2 Å². The smallest absolute Gasteiger partial charge is 0.350 e. The second-order valence-electron chi connectivity index (χ2n) is 16.8. The summed E-state index contributed by atoms with van der Waals surface area (Å²) in [5.74, 6) is -2.44. The highest BCUT2D eigenvalue weighted by molar-refractivity contribution is 8.26. The number of nitrogens with zero attached hydrogens (tertiary/aromatic N) is 3. The number of carbonyl (C=O) groups excluding carboxylic acids is 5. The highest BCUT2D eigenvalue weighted by atomic mass is 32.2. The van der Waals surface area contributed by atoms with E-state index in [-0.39, 0.29) is 52.5 Å². The summed E-state index contributed by atoms with van der Waals surface area (Å²) in [6, 6.07) is 20.9. The Morgan fingerprint density at radius 3 is 1.54 bits per heavy atom. The first kappa shape index (κ1) is 47.8. The lowest BCUT2D eigenvalue weighted by atomic mass is 9.90. The van der Waals surface area contributed by atoms with Gasteiger partial charge in [0.25, 0.3) is 11.8 Å². The average molecular weight is 928 g/mol. The van der Waals surface area contributed by atoms with Crippen molar-refractivity contribution in [2.45, 2.75) is 127 Å². The zero-order valence-electron chi connectivity index (χ0n) is 37.0. The Kier molecular flexibility index (Phi) is 15.6. The SMILES string of the molecule is CCCCC(CC)COC(=O)C(C#N)=C1Sc2c(OC(=O)C(C)(C)CC)c3c(c(OC(=O)C(C)(C)CC)c2S1)SC(=C1C(=O)N(Cc2ccccc2)N(Cc2ccccc2)C1=O)S3. The molecule has 2 amide bonds. The quantitative estimate of drug-likeness (QED) is 0.0417. The number of ether oxygens (including phenoxy) is 3. The van der Waals surface area contributed by atoms with E-state index in [1.807, 2.05) is 81.4 Å². The molecule has 1 unspecified atom stereocenters. The third kappa shape index (κ3) is 10.4. The van der Waals surface area contributed by atoms with Gasteiger partial charge in [-0.3, -0.25) is 19.2 Å². The number of hydrogen-bond acceptors (Lipinski definition) is 13. The molecule has 0 aromatic heterocycles. The molecule has 3 aliphatic rings. The number of benzene rings is 3. The van der Waals surface area contributed by atoms with Gasteiger partial charge >= 0.3 is 17.9 Å². The van der Waals surface area contributed by atoms with E-state index < -0.39 is 40.6 Å². The molecule has 0 saturated carbocycles. The number of hydrazine groups is 1. The Morgan fingerprint density at radius 2 is 1.14 bits per heavy atom. The number of unbranched alkanes of at least 4 members (excludes halogenated alkanes) is 1. The van der Waals surface area contributed by atoms with Crippen molar-refractivity contribution in [1.82, 2.24) is 10.0 Å². The molecule has 3 heterocycles. The fourth-order valence-electron chi connectivity index (χ4n) is 6.45. The molecule has 0 bridgehead atoms. The first-order valence-electron chi connectivity index (χ1n) is 21.3. The van der Waals surface area contributed by atoms with Crippen molar-refractivity contribution >= 4 is 76.8 Å². The number of thioether (sulfide) groups is 4. The van der Waals surface area contributed by atoms with Crippen molar-refractivity contribution in [2.24, 2.45) is 16.7 Å². The maximum Gasteiger partial charge on any atom is 0.350 e. The fourth-order valence-corrected chi connectivity index (χ4v) is 11.9. The van der Waals surface area contributed by atoms with E-state index >= 15 is 0 Å². The Bertz CT molecular complexity index is 2260. The number of nitriles is 1. The van der Waals surface area contributed by atoms with Crippen LogP contribution >= 0.6 is 47.0 Å². The van der Waals surface area contributed by atoms with E-state index in [1.165, 1.54) is 10.0 Å². The molecule has 0 N–H and O–H groups in total. The first-order valence-corrected chi connectivity index (χ1v) is 24.5. The third-order valence-electron chi connectivity index (χ3n) is 11.5. The van der Waals surface area contributed by atoms with E-state index in [9.17, 15) is 29.2 Å². The van der Waals surface area contributed by atoms with Crippen LogP contribution in [0.3, 0.4) is 0 Å². The summed E-state index contributed by atoms with van der Waals surface area (Å²) >= 11 is 4.30. The Hall–Kier alpha value is -4.62. The first-order chi connectivity index (χ1) is 30.1. The molecular weight excluding hydrogens is 875 g/mol. The second kappa shape index (κ2) is 20.5. The van der Waals surface area contributed by atoms with Gasteiger partial charge in [-0.05, 0) is 64.0 Å². The highest BCUT2D eigenvalue weighted by Crippen LogP contribution is 2.69. The van der Waals surface area contributed by atoms with Gasteiger partial charge in [0.15, 0.2) is 17.1 Å². The van der Waals surface area contributed by atoms with Crippen LogP contribution in [-0.2, 0) is 41.8 Å². The molecule has 3 aliphatic heterocycles. The van der Waals surface area contributed by atoms with Crippen LogP contribution in [0.5, 0.6) is 11.5 Å². The molecule has 1 saturated heterocycles. The van der Waals surface area contributed by atoms with Crippen LogP contribution in [0.15, 0.2) is 99.9 Å². The van der Waals surface area contributed by atoms with Crippen molar-refractivity contribution < 1.29 is 38.2 Å². The van der Waals surface area contributed by atoms with Gasteiger partial charge in [-0.25, -0.2) is 14.8 Å². The standard InChI is InChI=1S/C48H53N3O8S4/c1-9-13-20-29(10-2)28-57-42(54)32(25-49)43-60-36-34(58-45(55)47(5,6)11-3)38-39(35(37(36)61-43)59-46(56)48(7,8)12-4)63-44(62-38)33-40(52)50(26-30-21-16-14-17-22-30)51(41(33)53)27-31-23-18-15-19-24-31/h14-19,21-24,29H,9-13,20,26-28H2,1-8H3. The third-order valence-corrected chi connectivity index (χ3v) is 16.7. The molecule has 1 fully saturated rings. The minimum Gasteiger partial charge on any atom is -0.461 e. The molecule has 0 radical (unpaired) electrons. The summed E-state index contributed by atoms with van der Waals surface area (Å²) in [6.07, 6.45) is 4.64. The van der Waals surface area contributed by atoms with E-state index in [0.29, 0.717) is 36.7 Å². The number of carbonyl (C=O) groups is 5. The van der Waals surface area contributed by atoms with E-state index in [4.69, 9.17) is 14.2 Å². The molecule has 3 aromatic rings. The zero-order valence-corrected chi connectivity index (χ0v) is 40.2. The number of amides is 2. The van der Waals surface area contributed by atoms with E-state index in [1.54, 1.807) is 27.7 Å². The molecule has 332 valence electrons. The van der Waals surface area contributed by atoms with Crippen molar-refractivity contribution in [3.63, 3.8) is 0 Å². The van der Waals surface area contributed by atoms with Gasteiger partial charge in [0.1, 0.15) is 11.6 Å². The summed E-state index contributed by atoms with van der Waals surface area (Å²) < 4.78 is 19.0. The maximum absolute atomic E-state index is 14.6. The van der Waals surface area contributed by atoms with Crippen molar-refractivity contribution in [2.75, 3.05) is 6.61 Å². The lowest BCUT2D eigenvalue weighted by Crippen LogP contribution is -2.39. The summed E-state index contributed by atoms with van der Waals surface area (Å²) in [4.78, 5) is 72.3. The molecule has 6 rings (SSSR count). The minimum atomic E-state index is -0.911. The number of esters is 3. The summed E-state index contributed by atoms with van der Waals surface area (Å²) in [5, 5.41) is 13.3. The summed E-state index contributed by atoms with van der Waals surface area (Å²) in [5.41, 5.74) is -0.446. The van der Waals surface area contributed by atoms with Crippen LogP contribution in [0.4, 0.5) is 0 Å². The lowest BCUT2D eigenvalue weighted by Gasteiger charge is -2.27. The molecule has 0 spiro atoms. The monoisotopic (exact) mass is 927 g/mol. The lowest BCUT2D eigenvalue weighted by molar-refractivity contribution is -0.149. The number of fused-ring (bicyclic) bond motifs is 2. The summed E-state index contributed by atoms with van der Waals surface area (Å²) in [6.45, 7) is 15.4. The normalized spacial score (nSPS) is 15.3. The van der Waals surface area contributed by atoms with Gasteiger partial charge in [-0.2, -0.15) is 5.26 Å². The van der Waals surface area contributed by atoms with Crippen molar-refractivity contribution in [3.8, 4) is 17.6 Å². The van der Waals surface area contributed by atoms with Crippen LogP contribution in [0.2, 0.25) is 0 Å². The van der Waals surface area contributed by atoms with Crippen LogP contribution in [0.1, 0.15) is 105 Å². The highest BCUT2D eigenvalue weighted by Gasteiger charge is 2.48. The van der Waals surface area contributed by atoms with E-state index in [0.717, 1.165) is 83.9 Å². The fraction of sp³-hybridized carbons (Fsp3) is 0.417. The van der Waals surface area contributed by atoms with Gasteiger partial charge in [0.2, 0.25) is 0 Å².